The highest BCUT2D eigenvalue weighted by molar-refractivity contribution is 5.99. The Hall–Kier alpha value is -4.01. The predicted molar refractivity (Wildman–Crippen MR) is 120 cm³/mol. The minimum absolute atomic E-state index is 0.0398. The fourth-order valence-electron chi connectivity index (χ4n) is 3.28. The molecule has 9 heteroatoms. The second-order valence-corrected chi connectivity index (χ2v) is 6.98. The number of phenolic OH excluding ortho intramolecular Hbond substituents is 1. The summed E-state index contributed by atoms with van der Waals surface area (Å²) in [6.07, 6.45) is 0.664. The van der Waals surface area contributed by atoms with E-state index in [1.807, 2.05) is 37.3 Å². The Bertz CT molecular complexity index is 1200. The lowest BCUT2D eigenvalue weighted by atomic mass is 10.0. The molecule has 0 aliphatic carbocycles. The first-order valence-corrected chi connectivity index (χ1v) is 9.83. The molecule has 0 saturated heterocycles. The quantitative estimate of drug-likeness (QED) is 0.371. The molecular weight excluding hydrogens is 398 g/mol. The number of phenols is 1. The summed E-state index contributed by atoms with van der Waals surface area (Å²) in [5.74, 6) is -0.810. The van der Waals surface area contributed by atoms with Crippen molar-refractivity contribution in [1.82, 2.24) is 15.1 Å². The molecule has 3 rings (SSSR count). The molecule has 0 bridgehead atoms. The average Bonchev–Trinajstić information content (AvgIpc) is 2.78. The molecule has 1 heterocycles. The van der Waals surface area contributed by atoms with Crippen molar-refractivity contribution in [2.24, 2.45) is 7.05 Å². The van der Waals surface area contributed by atoms with Crippen LogP contribution in [0.5, 0.6) is 5.75 Å². The normalized spacial score (nSPS) is 11.6. The lowest BCUT2D eigenvalue weighted by Gasteiger charge is -2.21. The minimum Gasteiger partial charge on any atom is -0.505 e. The highest BCUT2D eigenvalue weighted by atomic mass is 16.3. The molecule has 0 spiro atoms. The minimum atomic E-state index is -0.558. The second kappa shape index (κ2) is 9.21. The number of hydrogen-bond donors (Lipinski definition) is 5. The molecule has 2 aromatic carbocycles. The molecule has 0 radical (unpaired) electrons. The third kappa shape index (κ3) is 4.45. The zero-order chi connectivity index (χ0) is 22.5. The number of carbonyl (C=O) groups excluding carboxylic acids is 1. The Morgan fingerprint density at radius 1 is 1.10 bits per heavy atom. The number of aromatic nitrogens is 2. The van der Waals surface area contributed by atoms with Crippen molar-refractivity contribution < 1.29 is 9.90 Å². The van der Waals surface area contributed by atoms with Gasteiger partial charge in [0.05, 0.1) is 17.3 Å². The van der Waals surface area contributed by atoms with Gasteiger partial charge in [-0.3, -0.25) is 24.2 Å². The second-order valence-electron chi connectivity index (χ2n) is 6.98. The smallest absolute Gasteiger partial charge is 0.290 e. The van der Waals surface area contributed by atoms with Crippen LogP contribution in [-0.2, 0) is 7.05 Å². The van der Waals surface area contributed by atoms with Gasteiger partial charge in [-0.05, 0) is 24.1 Å². The molecule has 3 aromatic rings. The van der Waals surface area contributed by atoms with E-state index >= 15 is 0 Å². The summed E-state index contributed by atoms with van der Waals surface area (Å²) in [6, 6.07) is 13.9. The highest BCUT2D eigenvalue weighted by Gasteiger charge is 2.20. The number of benzene rings is 2. The average molecular weight is 423 g/mol. The van der Waals surface area contributed by atoms with Crippen molar-refractivity contribution in [2.75, 3.05) is 17.7 Å². The fraction of sp³-hybridized carbons (Fsp3) is 0.227. The fourth-order valence-corrected chi connectivity index (χ4v) is 3.28. The Kier molecular flexibility index (Phi) is 6.44. The van der Waals surface area contributed by atoms with Crippen LogP contribution in [0.2, 0.25) is 0 Å². The van der Waals surface area contributed by atoms with Crippen molar-refractivity contribution in [1.29, 1.82) is 0 Å². The van der Waals surface area contributed by atoms with E-state index in [1.165, 1.54) is 26.2 Å². The first-order valence-electron chi connectivity index (χ1n) is 9.83. The van der Waals surface area contributed by atoms with Crippen LogP contribution < -0.4 is 27.1 Å². The van der Waals surface area contributed by atoms with E-state index in [2.05, 4.69) is 21.0 Å². The first-order chi connectivity index (χ1) is 14.9. The number of nitrogens with zero attached hydrogens (tertiary/aromatic N) is 1. The third-order valence-electron chi connectivity index (χ3n) is 4.96. The molecule has 0 saturated carbocycles. The number of aromatic hydroxyl groups is 1. The van der Waals surface area contributed by atoms with Gasteiger partial charge in [0, 0.05) is 14.1 Å². The molecule has 1 amide bonds. The SMILES string of the molecule is CC[C@@H](Nc1c(Nc2cccc(C(=O)NC)c2O)c(=O)[nH]n(C)c1=O)c1ccccc1. The summed E-state index contributed by atoms with van der Waals surface area (Å²) < 4.78 is 1.09. The summed E-state index contributed by atoms with van der Waals surface area (Å²) in [4.78, 5) is 37.6. The molecule has 9 nitrogen and oxygen atoms in total. The molecule has 1 aromatic heterocycles. The summed E-state index contributed by atoms with van der Waals surface area (Å²) in [6.45, 7) is 1.97. The van der Waals surface area contributed by atoms with E-state index in [-0.39, 0.29) is 34.4 Å². The molecular formula is C22H25N5O4. The molecule has 31 heavy (non-hydrogen) atoms. The van der Waals surface area contributed by atoms with Gasteiger partial charge in [-0.2, -0.15) is 0 Å². The van der Waals surface area contributed by atoms with E-state index in [9.17, 15) is 19.5 Å². The number of aryl methyl sites for hydroxylation is 1. The van der Waals surface area contributed by atoms with Crippen LogP contribution in [-0.4, -0.2) is 27.8 Å². The van der Waals surface area contributed by atoms with E-state index in [0.29, 0.717) is 6.42 Å². The lowest BCUT2D eigenvalue weighted by molar-refractivity contribution is 0.0960. The summed E-state index contributed by atoms with van der Waals surface area (Å²) in [5.41, 5.74) is 0.126. The van der Waals surface area contributed by atoms with Crippen molar-refractivity contribution >= 4 is 23.0 Å². The largest absolute Gasteiger partial charge is 0.505 e. The standard InChI is InChI=1S/C22H25N5O4/c1-4-15(13-9-6-5-7-10-13)24-18-17(21(30)26-27(3)22(18)31)25-16-12-8-11-14(19(16)28)20(29)23-2/h5-12,15,24-25,28H,4H2,1-3H3,(H,23,29)(H,26,30)/t15-/m1/s1. The number of carbonyl (C=O) groups is 1. The molecule has 1 atom stereocenters. The topological polar surface area (TPSA) is 128 Å². The van der Waals surface area contributed by atoms with Crippen LogP contribution in [0.25, 0.3) is 0 Å². The molecule has 0 unspecified atom stereocenters. The Balaban J connectivity index is 2.08. The van der Waals surface area contributed by atoms with Crippen molar-refractivity contribution in [2.45, 2.75) is 19.4 Å². The maximum absolute atomic E-state index is 12.9. The number of anilines is 3. The predicted octanol–water partition coefficient (Wildman–Crippen LogP) is 2.45. The van der Waals surface area contributed by atoms with Gasteiger partial charge in [0.2, 0.25) is 0 Å². The van der Waals surface area contributed by atoms with Crippen LogP contribution in [0.4, 0.5) is 17.1 Å². The summed E-state index contributed by atoms with van der Waals surface area (Å²) >= 11 is 0. The monoisotopic (exact) mass is 423 g/mol. The van der Waals surface area contributed by atoms with Gasteiger partial charge in [0.1, 0.15) is 11.4 Å². The Morgan fingerprint density at radius 3 is 2.45 bits per heavy atom. The van der Waals surface area contributed by atoms with Crippen LogP contribution >= 0.6 is 0 Å². The molecule has 0 aliphatic rings. The molecule has 5 N–H and O–H groups in total. The van der Waals surface area contributed by atoms with E-state index < -0.39 is 17.0 Å². The van der Waals surface area contributed by atoms with Gasteiger partial charge in [0.15, 0.2) is 5.75 Å². The van der Waals surface area contributed by atoms with E-state index in [0.717, 1.165) is 10.2 Å². The van der Waals surface area contributed by atoms with Crippen LogP contribution in [0.15, 0.2) is 58.1 Å². The van der Waals surface area contributed by atoms with Gasteiger partial charge in [-0.25, -0.2) is 0 Å². The van der Waals surface area contributed by atoms with Gasteiger partial charge < -0.3 is 21.1 Å². The number of para-hydroxylation sites is 1. The highest BCUT2D eigenvalue weighted by Crippen LogP contribution is 2.32. The maximum atomic E-state index is 12.9. The molecule has 162 valence electrons. The number of amides is 1. The van der Waals surface area contributed by atoms with E-state index in [4.69, 9.17) is 0 Å². The van der Waals surface area contributed by atoms with Gasteiger partial charge in [-0.1, -0.05) is 43.3 Å². The van der Waals surface area contributed by atoms with E-state index in [1.54, 1.807) is 6.07 Å². The maximum Gasteiger partial charge on any atom is 0.290 e. The zero-order valence-corrected chi connectivity index (χ0v) is 17.5. The van der Waals surface area contributed by atoms with Gasteiger partial charge in [-0.15, -0.1) is 0 Å². The van der Waals surface area contributed by atoms with Crippen LogP contribution in [0.3, 0.4) is 0 Å². The Morgan fingerprint density at radius 2 is 1.81 bits per heavy atom. The lowest BCUT2D eigenvalue weighted by Crippen LogP contribution is -2.32. The van der Waals surface area contributed by atoms with Gasteiger partial charge in [0.25, 0.3) is 17.0 Å². The zero-order valence-electron chi connectivity index (χ0n) is 17.5. The molecule has 0 aliphatic heterocycles. The number of rotatable bonds is 7. The Labute approximate surface area is 178 Å². The van der Waals surface area contributed by atoms with Crippen molar-refractivity contribution in [3.63, 3.8) is 0 Å². The number of hydrogen-bond acceptors (Lipinski definition) is 6. The van der Waals surface area contributed by atoms with Gasteiger partial charge >= 0.3 is 0 Å². The third-order valence-corrected chi connectivity index (χ3v) is 4.96. The molecule has 0 fully saturated rings. The van der Waals surface area contributed by atoms with Crippen molar-refractivity contribution in [3.05, 3.63) is 80.4 Å². The first kappa shape index (κ1) is 21.7. The summed E-state index contributed by atoms with van der Waals surface area (Å²) in [5, 5.41) is 21.4. The van der Waals surface area contributed by atoms with Crippen LogP contribution in [0, 0.1) is 0 Å². The number of aromatic amines is 1. The number of nitrogens with one attached hydrogen (secondary N) is 4. The number of H-pyrrole nitrogens is 1. The summed E-state index contributed by atoms with van der Waals surface area (Å²) in [7, 11) is 2.90. The van der Waals surface area contributed by atoms with Crippen molar-refractivity contribution in [3.8, 4) is 5.75 Å². The van der Waals surface area contributed by atoms with Crippen LogP contribution in [0.1, 0.15) is 35.3 Å².